The standard InChI is InChI=1S/C20H16ClNO4/c1-13-17-10-14(21)6-7-18(17)26-19(13)20(23)22(11-15-4-2-8-24-15)12-16-5-3-9-25-16/h2-10H,11-12H2,1H3. The molecule has 0 aliphatic carbocycles. The van der Waals surface area contributed by atoms with E-state index in [1.807, 2.05) is 19.1 Å². The summed E-state index contributed by atoms with van der Waals surface area (Å²) in [6, 6.07) is 12.5. The van der Waals surface area contributed by atoms with Gasteiger partial charge >= 0.3 is 0 Å². The van der Waals surface area contributed by atoms with Gasteiger partial charge in [0, 0.05) is 16.0 Å². The molecule has 0 fully saturated rings. The summed E-state index contributed by atoms with van der Waals surface area (Å²) in [7, 11) is 0. The summed E-state index contributed by atoms with van der Waals surface area (Å²) in [6.07, 6.45) is 3.17. The fourth-order valence-corrected chi connectivity index (χ4v) is 3.09. The smallest absolute Gasteiger partial charge is 0.290 e. The van der Waals surface area contributed by atoms with Crippen molar-refractivity contribution in [3.63, 3.8) is 0 Å². The lowest BCUT2D eigenvalue weighted by molar-refractivity contribution is 0.0674. The van der Waals surface area contributed by atoms with Gasteiger partial charge in [-0.1, -0.05) is 11.6 Å². The zero-order valence-electron chi connectivity index (χ0n) is 14.1. The van der Waals surface area contributed by atoms with Crippen molar-refractivity contribution in [2.24, 2.45) is 0 Å². The van der Waals surface area contributed by atoms with Crippen LogP contribution in [0.15, 0.2) is 68.2 Å². The van der Waals surface area contributed by atoms with Crippen LogP contribution in [-0.4, -0.2) is 10.8 Å². The highest BCUT2D eigenvalue weighted by atomic mass is 35.5. The van der Waals surface area contributed by atoms with Crippen LogP contribution in [0.4, 0.5) is 0 Å². The Morgan fingerprint density at radius 2 is 1.69 bits per heavy atom. The SMILES string of the molecule is Cc1c(C(=O)N(Cc2ccco2)Cc2ccco2)oc2ccc(Cl)cc12. The van der Waals surface area contributed by atoms with E-state index in [4.69, 9.17) is 24.9 Å². The average molecular weight is 370 g/mol. The van der Waals surface area contributed by atoms with E-state index in [-0.39, 0.29) is 5.91 Å². The Labute approximate surface area is 154 Å². The lowest BCUT2D eigenvalue weighted by atomic mass is 10.1. The van der Waals surface area contributed by atoms with Gasteiger partial charge in [0.25, 0.3) is 5.91 Å². The number of hydrogen-bond donors (Lipinski definition) is 0. The van der Waals surface area contributed by atoms with E-state index in [0.717, 1.165) is 10.9 Å². The molecule has 1 aromatic carbocycles. The predicted molar refractivity (Wildman–Crippen MR) is 97.0 cm³/mol. The molecule has 3 heterocycles. The van der Waals surface area contributed by atoms with Crippen molar-refractivity contribution in [2.75, 3.05) is 0 Å². The molecule has 0 saturated carbocycles. The first-order valence-corrected chi connectivity index (χ1v) is 8.52. The Kier molecular flexibility index (Phi) is 4.31. The van der Waals surface area contributed by atoms with E-state index in [9.17, 15) is 4.79 Å². The third kappa shape index (κ3) is 3.13. The van der Waals surface area contributed by atoms with Gasteiger partial charge in [-0.2, -0.15) is 0 Å². The zero-order chi connectivity index (χ0) is 18.1. The van der Waals surface area contributed by atoms with Gasteiger partial charge in [-0.25, -0.2) is 0 Å². The van der Waals surface area contributed by atoms with Gasteiger partial charge in [0.1, 0.15) is 17.1 Å². The molecule has 0 radical (unpaired) electrons. The first kappa shape index (κ1) is 16.5. The Bertz CT molecular complexity index is 995. The summed E-state index contributed by atoms with van der Waals surface area (Å²) in [5.74, 6) is 1.42. The first-order valence-electron chi connectivity index (χ1n) is 8.14. The Balaban J connectivity index is 1.70. The number of rotatable bonds is 5. The van der Waals surface area contributed by atoms with Crippen LogP contribution < -0.4 is 0 Å². The maximum Gasteiger partial charge on any atom is 0.290 e. The van der Waals surface area contributed by atoms with Crippen LogP contribution in [0.25, 0.3) is 11.0 Å². The fraction of sp³-hybridized carbons (Fsp3) is 0.150. The number of amides is 1. The van der Waals surface area contributed by atoms with Crippen molar-refractivity contribution in [1.82, 2.24) is 4.90 Å². The third-order valence-electron chi connectivity index (χ3n) is 4.23. The van der Waals surface area contributed by atoms with Crippen LogP contribution in [0.3, 0.4) is 0 Å². The van der Waals surface area contributed by atoms with Crippen molar-refractivity contribution in [2.45, 2.75) is 20.0 Å². The predicted octanol–water partition coefficient (Wildman–Crippen LogP) is 5.42. The Hall–Kier alpha value is -2.92. The number of benzene rings is 1. The van der Waals surface area contributed by atoms with Gasteiger partial charge in [-0.3, -0.25) is 4.79 Å². The van der Waals surface area contributed by atoms with Gasteiger partial charge in [0.2, 0.25) is 0 Å². The van der Waals surface area contributed by atoms with E-state index < -0.39 is 0 Å². The lowest BCUT2D eigenvalue weighted by Gasteiger charge is -2.19. The number of carbonyl (C=O) groups is 1. The minimum Gasteiger partial charge on any atom is -0.467 e. The first-order chi connectivity index (χ1) is 12.6. The molecule has 26 heavy (non-hydrogen) atoms. The normalized spacial score (nSPS) is 11.2. The quantitative estimate of drug-likeness (QED) is 0.471. The maximum absolute atomic E-state index is 13.2. The van der Waals surface area contributed by atoms with Crippen LogP contribution >= 0.6 is 11.6 Å². The molecule has 4 aromatic rings. The second-order valence-corrected chi connectivity index (χ2v) is 6.45. The lowest BCUT2D eigenvalue weighted by Crippen LogP contribution is -2.30. The van der Waals surface area contributed by atoms with Crippen LogP contribution in [0.5, 0.6) is 0 Å². The van der Waals surface area contributed by atoms with E-state index in [1.54, 1.807) is 47.8 Å². The molecular weight excluding hydrogens is 354 g/mol. The highest BCUT2D eigenvalue weighted by Gasteiger charge is 2.25. The average Bonchev–Trinajstić information content (AvgIpc) is 3.37. The molecule has 0 unspecified atom stereocenters. The molecule has 0 spiro atoms. The van der Waals surface area contributed by atoms with Crippen molar-refractivity contribution >= 4 is 28.5 Å². The molecule has 0 atom stereocenters. The van der Waals surface area contributed by atoms with Crippen molar-refractivity contribution < 1.29 is 18.0 Å². The fourth-order valence-electron chi connectivity index (χ4n) is 2.92. The van der Waals surface area contributed by atoms with E-state index in [1.165, 1.54) is 0 Å². The minimum absolute atomic E-state index is 0.234. The van der Waals surface area contributed by atoms with Crippen molar-refractivity contribution in [3.8, 4) is 0 Å². The molecule has 1 amide bonds. The molecular formula is C20H16ClNO4. The van der Waals surface area contributed by atoms with Gasteiger partial charge in [-0.15, -0.1) is 0 Å². The number of hydrogen-bond acceptors (Lipinski definition) is 4. The number of furan rings is 3. The summed E-state index contributed by atoms with van der Waals surface area (Å²) in [5, 5.41) is 1.43. The van der Waals surface area contributed by atoms with E-state index in [0.29, 0.717) is 41.0 Å². The van der Waals surface area contributed by atoms with Crippen molar-refractivity contribution in [1.29, 1.82) is 0 Å². The zero-order valence-corrected chi connectivity index (χ0v) is 14.8. The van der Waals surface area contributed by atoms with Gasteiger partial charge < -0.3 is 18.2 Å². The second kappa shape index (κ2) is 6.77. The molecule has 5 nitrogen and oxygen atoms in total. The van der Waals surface area contributed by atoms with Gasteiger partial charge in [0.05, 0.1) is 25.6 Å². The van der Waals surface area contributed by atoms with E-state index in [2.05, 4.69) is 0 Å². The molecule has 0 bridgehead atoms. The summed E-state index contributed by atoms with van der Waals surface area (Å²) in [4.78, 5) is 14.8. The molecule has 132 valence electrons. The topological polar surface area (TPSA) is 59.7 Å². The molecule has 6 heteroatoms. The summed E-state index contributed by atoms with van der Waals surface area (Å²) in [5.41, 5.74) is 1.39. The number of carbonyl (C=O) groups excluding carboxylic acids is 1. The summed E-state index contributed by atoms with van der Waals surface area (Å²) < 4.78 is 16.6. The Morgan fingerprint density at radius 3 is 2.27 bits per heavy atom. The number of aryl methyl sites for hydroxylation is 1. The van der Waals surface area contributed by atoms with Crippen LogP contribution in [0, 0.1) is 6.92 Å². The van der Waals surface area contributed by atoms with Gasteiger partial charge in [0.15, 0.2) is 5.76 Å². The monoisotopic (exact) mass is 369 g/mol. The van der Waals surface area contributed by atoms with E-state index >= 15 is 0 Å². The number of nitrogens with zero attached hydrogens (tertiary/aromatic N) is 1. The summed E-state index contributed by atoms with van der Waals surface area (Å²) in [6.45, 7) is 2.47. The third-order valence-corrected chi connectivity index (χ3v) is 4.47. The maximum atomic E-state index is 13.2. The number of halogens is 1. The largest absolute Gasteiger partial charge is 0.467 e. The molecule has 4 rings (SSSR count). The molecule has 3 aromatic heterocycles. The highest BCUT2D eigenvalue weighted by molar-refractivity contribution is 6.31. The second-order valence-electron chi connectivity index (χ2n) is 6.02. The molecule has 0 N–H and O–H groups in total. The molecule has 0 aliphatic rings. The van der Waals surface area contributed by atoms with Gasteiger partial charge in [-0.05, 0) is 49.4 Å². The minimum atomic E-state index is -0.234. The van der Waals surface area contributed by atoms with Crippen LogP contribution in [0.1, 0.15) is 27.6 Å². The Morgan fingerprint density at radius 1 is 1.04 bits per heavy atom. The highest BCUT2D eigenvalue weighted by Crippen LogP contribution is 2.29. The van der Waals surface area contributed by atoms with Crippen LogP contribution in [0.2, 0.25) is 5.02 Å². The van der Waals surface area contributed by atoms with Crippen LogP contribution in [-0.2, 0) is 13.1 Å². The summed E-state index contributed by atoms with van der Waals surface area (Å²) >= 11 is 6.07. The number of fused-ring (bicyclic) bond motifs is 1. The molecule has 0 aliphatic heterocycles. The van der Waals surface area contributed by atoms with Crippen molar-refractivity contribution in [3.05, 3.63) is 82.9 Å². The molecule has 0 saturated heterocycles.